The molecule has 0 bridgehead atoms. The number of benzene rings is 1. The van der Waals surface area contributed by atoms with E-state index in [2.05, 4.69) is 25.9 Å². The molecule has 0 aliphatic rings. The molecule has 3 aromatic rings. The Hall–Kier alpha value is -3.84. The molecule has 3 rings (SSSR count). The number of alkyl carbamates (subject to hydrolysis) is 1. The summed E-state index contributed by atoms with van der Waals surface area (Å²) >= 11 is 7.69. The average molecular weight is 564 g/mol. The Morgan fingerprint density at radius 1 is 1.16 bits per heavy atom. The highest BCUT2D eigenvalue weighted by atomic mass is 35.5. The molecule has 2 heterocycles. The topological polar surface area (TPSA) is 195 Å². The highest BCUT2D eigenvalue weighted by Gasteiger charge is 2.22. The van der Waals surface area contributed by atoms with Gasteiger partial charge in [-0.2, -0.15) is 4.98 Å². The van der Waals surface area contributed by atoms with Crippen LogP contribution in [0.2, 0.25) is 5.02 Å². The number of hydrogen-bond donors (Lipinski definition) is 6. The molecule has 0 unspecified atom stereocenters. The first-order valence-corrected chi connectivity index (χ1v) is 12.9. The van der Waals surface area contributed by atoms with Crippen LogP contribution < -0.4 is 27.4 Å². The van der Waals surface area contributed by atoms with Crippen molar-refractivity contribution in [2.75, 3.05) is 23.3 Å². The Labute approximate surface area is 228 Å². The molecule has 0 saturated heterocycles. The number of aromatic nitrogens is 2. The second kappa shape index (κ2) is 12.1. The lowest BCUT2D eigenvalue weighted by atomic mass is 10.1. The number of rotatable bonds is 10. The summed E-state index contributed by atoms with van der Waals surface area (Å²) in [6.45, 7) is 5.78. The molecule has 1 atom stereocenters. The third-order valence-corrected chi connectivity index (χ3v) is 6.62. The Bertz CT molecular complexity index is 1340. The highest BCUT2D eigenvalue weighted by Crippen LogP contribution is 2.31. The number of fused-ring (bicyclic) bond motifs is 1. The van der Waals surface area contributed by atoms with Crippen molar-refractivity contribution in [3.8, 4) is 0 Å². The van der Waals surface area contributed by atoms with Gasteiger partial charge in [-0.15, -0.1) is 11.3 Å². The van der Waals surface area contributed by atoms with Crippen LogP contribution in [0.3, 0.4) is 0 Å². The number of nitrogens with one attached hydrogen (secondary N) is 3. The highest BCUT2D eigenvalue weighted by molar-refractivity contribution is 7.17. The molecule has 0 aliphatic carbocycles. The lowest BCUT2D eigenvalue weighted by molar-refractivity contribution is -0.139. The van der Waals surface area contributed by atoms with E-state index in [1.807, 2.05) is 0 Å². The minimum Gasteiger partial charge on any atom is -0.480 e. The quantitative estimate of drug-likeness (QED) is 0.198. The van der Waals surface area contributed by atoms with Crippen molar-refractivity contribution >= 4 is 68.6 Å². The van der Waals surface area contributed by atoms with Crippen molar-refractivity contribution in [3.63, 3.8) is 0 Å². The third-order valence-electron chi connectivity index (χ3n) is 5.15. The summed E-state index contributed by atoms with van der Waals surface area (Å²) < 4.78 is 5.14. The van der Waals surface area contributed by atoms with E-state index in [0.717, 1.165) is 5.56 Å². The molecule has 0 saturated carbocycles. The van der Waals surface area contributed by atoms with E-state index in [1.165, 1.54) is 11.3 Å². The molecule has 0 spiro atoms. The van der Waals surface area contributed by atoms with Crippen LogP contribution in [0.25, 0.3) is 10.9 Å². The maximum Gasteiger partial charge on any atom is 0.407 e. The smallest absolute Gasteiger partial charge is 0.407 e. The monoisotopic (exact) mass is 563 g/mol. The van der Waals surface area contributed by atoms with E-state index >= 15 is 0 Å². The van der Waals surface area contributed by atoms with E-state index in [1.54, 1.807) is 45.0 Å². The van der Waals surface area contributed by atoms with Crippen LogP contribution in [0.5, 0.6) is 0 Å². The first-order chi connectivity index (χ1) is 17.8. The zero-order chi connectivity index (χ0) is 28.0. The second-order valence-corrected chi connectivity index (χ2v) is 10.8. The maximum atomic E-state index is 12.7. The minimum absolute atomic E-state index is 0.0592. The number of carbonyl (C=O) groups is 3. The van der Waals surface area contributed by atoms with Crippen LogP contribution in [0.4, 0.5) is 21.6 Å². The number of ether oxygens (including phenoxy) is 1. The summed E-state index contributed by atoms with van der Waals surface area (Å²) in [6.07, 6.45) is -0.118. The molecule has 0 radical (unpaired) electrons. The molecule has 38 heavy (non-hydrogen) atoms. The fourth-order valence-electron chi connectivity index (χ4n) is 3.44. The van der Waals surface area contributed by atoms with Gasteiger partial charge in [-0.25, -0.2) is 14.6 Å². The number of amides is 2. The van der Waals surface area contributed by atoms with E-state index < -0.39 is 29.6 Å². The zero-order valence-corrected chi connectivity index (χ0v) is 22.7. The standard InChI is InChI=1S/C24H30ClN7O5S/c1-24(2,3)37-23(36)28-10-4-5-14(21(34)35)30-20(33)15-8-9-16(38-15)29-11-12-6-7-13-17(18(12)25)19(26)32-22(27)31-13/h6-9,14,29H,4-5,10-11H2,1-3H3,(H,28,36)(H,30,33)(H,34,35)(H4,26,27,31,32)/t14-/m0/s1. The van der Waals surface area contributed by atoms with E-state index in [4.69, 9.17) is 27.8 Å². The molecule has 0 aliphatic heterocycles. The molecule has 12 nitrogen and oxygen atoms in total. The molecular formula is C24H30ClN7O5S. The van der Waals surface area contributed by atoms with Crippen molar-refractivity contribution in [3.05, 3.63) is 39.7 Å². The van der Waals surface area contributed by atoms with Crippen LogP contribution in [-0.4, -0.2) is 51.2 Å². The Balaban J connectivity index is 1.54. The van der Waals surface area contributed by atoms with Crippen molar-refractivity contribution < 1.29 is 24.2 Å². The maximum absolute atomic E-state index is 12.7. The SMILES string of the molecule is CC(C)(C)OC(=O)NCCC[C@H](NC(=O)c1ccc(NCc2ccc3nc(N)nc(N)c3c2Cl)s1)C(=O)O. The van der Waals surface area contributed by atoms with E-state index in [9.17, 15) is 19.5 Å². The van der Waals surface area contributed by atoms with Gasteiger partial charge >= 0.3 is 12.1 Å². The lowest BCUT2D eigenvalue weighted by Crippen LogP contribution is -2.41. The lowest BCUT2D eigenvalue weighted by Gasteiger charge is -2.20. The van der Waals surface area contributed by atoms with Crippen LogP contribution in [-0.2, 0) is 16.1 Å². The van der Waals surface area contributed by atoms with Crippen LogP contribution in [0, 0.1) is 0 Å². The van der Waals surface area contributed by atoms with Crippen LogP contribution in [0.1, 0.15) is 48.8 Å². The van der Waals surface area contributed by atoms with Crippen molar-refractivity contribution in [2.45, 2.75) is 51.8 Å². The van der Waals surface area contributed by atoms with Crippen molar-refractivity contribution in [1.29, 1.82) is 0 Å². The predicted molar refractivity (Wildman–Crippen MR) is 147 cm³/mol. The number of nitrogens with zero attached hydrogens (tertiary/aromatic N) is 2. The van der Waals surface area contributed by atoms with Gasteiger partial charge in [0.25, 0.3) is 5.91 Å². The normalized spacial score (nSPS) is 12.1. The van der Waals surface area contributed by atoms with Gasteiger partial charge in [-0.3, -0.25) is 4.79 Å². The molecule has 2 amide bonds. The number of hydrogen-bond acceptors (Lipinski definition) is 10. The van der Waals surface area contributed by atoms with Crippen LogP contribution >= 0.6 is 22.9 Å². The fourth-order valence-corrected chi connectivity index (χ4v) is 4.57. The fraction of sp³-hybridized carbons (Fsp3) is 0.375. The molecule has 8 N–H and O–H groups in total. The van der Waals surface area contributed by atoms with Gasteiger partial charge in [0.1, 0.15) is 17.5 Å². The predicted octanol–water partition coefficient (Wildman–Crippen LogP) is 3.61. The van der Waals surface area contributed by atoms with Crippen molar-refractivity contribution in [2.24, 2.45) is 0 Å². The number of nitrogens with two attached hydrogens (primary N) is 2. The average Bonchev–Trinajstić information content (AvgIpc) is 3.28. The van der Waals surface area contributed by atoms with Crippen LogP contribution in [0.15, 0.2) is 24.3 Å². The summed E-state index contributed by atoms with van der Waals surface area (Å²) in [4.78, 5) is 44.4. The van der Waals surface area contributed by atoms with Gasteiger partial charge in [0, 0.05) is 13.1 Å². The summed E-state index contributed by atoms with van der Waals surface area (Å²) in [7, 11) is 0. The third kappa shape index (κ3) is 7.83. The number of carboxylic acid groups (broad SMARTS) is 1. The van der Waals surface area contributed by atoms with Gasteiger partial charge in [0.05, 0.1) is 25.8 Å². The minimum atomic E-state index is -1.17. The Morgan fingerprint density at radius 3 is 2.58 bits per heavy atom. The van der Waals surface area contributed by atoms with Gasteiger partial charge < -0.3 is 37.3 Å². The number of carbonyl (C=O) groups excluding carboxylic acids is 2. The first-order valence-electron chi connectivity index (χ1n) is 11.7. The van der Waals surface area contributed by atoms with Crippen molar-refractivity contribution in [1.82, 2.24) is 20.6 Å². The van der Waals surface area contributed by atoms with Gasteiger partial charge in [0.15, 0.2) is 0 Å². The Kier molecular flexibility index (Phi) is 9.17. The number of anilines is 3. The number of aliphatic carboxylic acids is 1. The number of halogens is 1. The molecule has 0 fully saturated rings. The van der Waals surface area contributed by atoms with E-state index in [0.29, 0.717) is 38.8 Å². The summed E-state index contributed by atoms with van der Waals surface area (Å²) in [6, 6.07) is 5.74. The molecule has 1 aromatic carbocycles. The summed E-state index contributed by atoms with van der Waals surface area (Å²) in [5, 5.41) is 19.4. The van der Waals surface area contributed by atoms with E-state index in [-0.39, 0.29) is 24.7 Å². The van der Waals surface area contributed by atoms with Gasteiger partial charge in [-0.05, 0) is 57.4 Å². The largest absolute Gasteiger partial charge is 0.480 e. The second-order valence-electron chi connectivity index (χ2n) is 9.35. The summed E-state index contributed by atoms with van der Waals surface area (Å²) in [5.74, 6) is -1.43. The summed E-state index contributed by atoms with van der Waals surface area (Å²) in [5.41, 5.74) is 12.2. The van der Waals surface area contributed by atoms with Gasteiger partial charge in [-0.1, -0.05) is 17.7 Å². The number of carboxylic acids is 1. The molecular weight excluding hydrogens is 534 g/mol. The molecule has 204 valence electrons. The first kappa shape index (κ1) is 28.7. The number of thiophene rings is 1. The zero-order valence-electron chi connectivity index (χ0n) is 21.1. The molecule has 14 heteroatoms. The van der Waals surface area contributed by atoms with Gasteiger partial charge in [0.2, 0.25) is 5.95 Å². The Morgan fingerprint density at radius 2 is 1.89 bits per heavy atom. The molecule has 2 aromatic heterocycles. The number of nitrogen functional groups attached to an aromatic ring is 2.